The van der Waals surface area contributed by atoms with Crippen LogP contribution in [-0.2, 0) is 23.9 Å². The molecule has 1 aliphatic rings. The van der Waals surface area contributed by atoms with Gasteiger partial charge in [-0.25, -0.2) is 0 Å². The molecule has 0 amide bonds. The summed E-state index contributed by atoms with van der Waals surface area (Å²) < 4.78 is 44.6. The molecule has 7 heteroatoms. The fraction of sp³-hybridized carbons (Fsp3) is 0.304. The van der Waals surface area contributed by atoms with Crippen molar-refractivity contribution in [1.29, 1.82) is 0 Å². The molecule has 1 saturated heterocycles. The molecule has 4 nitrogen and oxygen atoms in total. The van der Waals surface area contributed by atoms with Crippen LogP contribution in [0.3, 0.4) is 0 Å². The molecule has 4 rings (SSSR count). The van der Waals surface area contributed by atoms with Gasteiger partial charge in [0.15, 0.2) is 0 Å². The second-order valence-corrected chi connectivity index (χ2v) is 7.42. The van der Waals surface area contributed by atoms with Crippen LogP contribution in [0.25, 0.3) is 0 Å². The Morgan fingerprint density at radius 2 is 1.83 bits per heavy atom. The van der Waals surface area contributed by atoms with E-state index in [9.17, 15) is 13.2 Å². The highest BCUT2D eigenvalue weighted by atomic mass is 19.4. The molecule has 1 fully saturated rings. The summed E-state index contributed by atoms with van der Waals surface area (Å²) in [5.74, 6) is 0. The van der Waals surface area contributed by atoms with E-state index >= 15 is 0 Å². The Morgan fingerprint density at radius 3 is 2.57 bits per heavy atom. The largest absolute Gasteiger partial charge is 0.416 e. The molecule has 0 unspecified atom stereocenters. The number of nitrogens with zero attached hydrogens (tertiary/aromatic N) is 3. The van der Waals surface area contributed by atoms with Crippen LogP contribution in [0.5, 0.6) is 0 Å². The number of rotatable bonds is 5. The minimum absolute atomic E-state index is 0.122. The van der Waals surface area contributed by atoms with Crippen LogP contribution in [-0.4, -0.2) is 34.6 Å². The summed E-state index contributed by atoms with van der Waals surface area (Å²) >= 11 is 0. The Balaban J connectivity index is 1.39. The molecule has 2 aromatic heterocycles. The lowest BCUT2D eigenvalue weighted by Gasteiger charge is -2.32. The molecule has 156 valence electrons. The normalized spacial score (nSPS) is 17.8. The van der Waals surface area contributed by atoms with E-state index < -0.39 is 11.7 Å². The number of hydrogen-bond donors (Lipinski definition) is 0. The van der Waals surface area contributed by atoms with Gasteiger partial charge in [0.2, 0.25) is 0 Å². The van der Waals surface area contributed by atoms with Gasteiger partial charge in [-0.3, -0.25) is 14.9 Å². The average molecular weight is 413 g/mol. The van der Waals surface area contributed by atoms with Crippen molar-refractivity contribution in [2.75, 3.05) is 19.7 Å². The molecular formula is C23H22F3N3O. The maximum Gasteiger partial charge on any atom is 0.416 e. The van der Waals surface area contributed by atoms with E-state index in [4.69, 9.17) is 4.74 Å². The van der Waals surface area contributed by atoms with Gasteiger partial charge in [0.25, 0.3) is 0 Å². The lowest BCUT2D eigenvalue weighted by Crippen LogP contribution is -2.38. The zero-order valence-electron chi connectivity index (χ0n) is 16.3. The quantitative estimate of drug-likeness (QED) is 0.610. The van der Waals surface area contributed by atoms with E-state index in [-0.39, 0.29) is 6.10 Å². The zero-order chi connectivity index (χ0) is 21.0. The van der Waals surface area contributed by atoms with E-state index in [1.165, 1.54) is 17.7 Å². The van der Waals surface area contributed by atoms with Crippen LogP contribution in [0.15, 0.2) is 67.1 Å². The number of pyridine rings is 2. The third-order valence-electron chi connectivity index (χ3n) is 5.15. The van der Waals surface area contributed by atoms with E-state index in [0.717, 1.165) is 37.0 Å². The van der Waals surface area contributed by atoms with Crippen LogP contribution in [0.2, 0.25) is 0 Å². The minimum atomic E-state index is -4.33. The topological polar surface area (TPSA) is 38.2 Å². The fourth-order valence-corrected chi connectivity index (χ4v) is 3.60. The first-order valence-corrected chi connectivity index (χ1v) is 9.81. The van der Waals surface area contributed by atoms with E-state index in [1.807, 2.05) is 24.3 Å². The molecule has 1 aromatic carbocycles. The van der Waals surface area contributed by atoms with Crippen LogP contribution in [0.1, 0.15) is 34.1 Å². The molecule has 1 atom stereocenters. The summed E-state index contributed by atoms with van der Waals surface area (Å²) in [4.78, 5) is 10.9. The average Bonchev–Trinajstić information content (AvgIpc) is 2.75. The summed E-state index contributed by atoms with van der Waals surface area (Å²) in [5.41, 5.74) is 2.88. The van der Waals surface area contributed by atoms with E-state index in [0.29, 0.717) is 18.6 Å². The first kappa shape index (κ1) is 20.5. The van der Waals surface area contributed by atoms with Gasteiger partial charge in [-0.1, -0.05) is 24.3 Å². The van der Waals surface area contributed by atoms with Crippen LogP contribution in [0, 0.1) is 0 Å². The second kappa shape index (κ2) is 8.93. The molecule has 0 bridgehead atoms. The molecule has 0 aliphatic carbocycles. The van der Waals surface area contributed by atoms with Crippen molar-refractivity contribution < 1.29 is 17.9 Å². The summed E-state index contributed by atoms with van der Waals surface area (Å²) in [5, 5.41) is 0. The smallest absolute Gasteiger partial charge is 0.369 e. The summed E-state index contributed by atoms with van der Waals surface area (Å²) in [6.45, 7) is 3.05. The lowest BCUT2D eigenvalue weighted by atomic mass is 10.0. The second-order valence-electron chi connectivity index (χ2n) is 7.42. The van der Waals surface area contributed by atoms with Crippen LogP contribution < -0.4 is 0 Å². The van der Waals surface area contributed by atoms with Gasteiger partial charge < -0.3 is 4.74 Å². The van der Waals surface area contributed by atoms with Gasteiger partial charge in [-0.05, 0) is 47.4 Å². The number of morpholine rings is 1. The zero-order valence-corrected chi connectivity index (χ0v) is 16.3. The van der Waals surface area contributed by atoms with Crippen molar-refractivity contribution in [1.82, 2.24) is 14.9 Å². The highest BCUT2D eigenvalue weighted by Crippen LogP contribution is 2.30. The highest BCUT2D eigenvalue weighted by molar-refractivity contribution is 5.30. The standard InChI is InChI=1S/C23H22F3N3O/c24-23(25,26)20-3-1-2-18(13-20)12-19-4-5-21(28-14-19)22-16-29(10-11-30-22)15-17-6-8-27-9-7-17/h1-9,13-14,22H,10-12,15-16H2/t22-/m0/s1. The van der Waals surface area contributed by atoms with Gasteiger partial charge in [-0.15, -0.1) is 0 Å². The Kier molecular flexibility index (Phi) is 6.11. The third-order valence-corrected chi connectivity index (χ3v) is 5.15. The Bertz CT molecular complexity index is 961. The number of hydrogen-bond acceptors (Lipinski definition) is 4. The van der Waals surface area contributed by atoms with E-state index in [1.54, 1.807) is 24.7 Å². The molecule has 0 saturated carbocycles. The van der Waals surface area contributed by atoms with Crippen LogP contribution in [0.4, 0.5) is 13.2 Å². The van der Waals surface area contributed by atoms with Gasteiger partial charge in [-0.2, -0.15) is 13.2 Å². The Labute approximate surface area is 173 Å². The number of alkyl halides is 3. The predicted molar refractivity (Wildman–Crippen MR) is 107 cm³/mol. The number of halogens is 3. The molecule has 0 radical (unpaired) electrons. The molecule has 3 aromatic rings. The summed E-state index contributed by atoms with van der Waals surface area (Å²) in [6.07, 6.45) is 1.25. The van der Waals surface area contributed by atoms with Gasteiger partial charge >= 0.3 is 6.18 Å². The van der Waals surface area contributed by atoms with Crippen molar-refractivity contribution in [2.24, 2.45) is 0 Å². The minimum Gasteiger partial charge on any atom is -0.369 e. The number of aromatic nitrogens is 2. The van der Waals surface area contributed by atoms with Gasteiger partial charge in [0.1, 0.15) is 6.10 Å². The maximum atomic E-state index is 12.9. The lowest BCUT2D eigenvalue weighted by molar-refractivity contribution is -0.137. The molecule has 1 aliphatic heterocycles. The first-order chi connectivity index (χ1) is 14.5. The monoisotopic (exact) mass is 413 g/mol. The van der Waals surface area contributed by atoms with E-state index in [2.05, 4.69) is 14.9 Å². The summed E-state index contributed by atoms with van der Waals surface area (Å²) in [6, 6.07) is 13.2. The summed E-state index contributed by atoms with van der Waals surface area (Å²) in [7, 11) is 0. The van der Waals surface area contributed by atoms with Crippen molar-refractivity contribution in [3.63, 3.8) is 0 Å². The molecular weight excluding hydrogens is 391 g/mol. The van der Waals surface area contributed by atoms with Crippen molar-refractivity contribution in [2.45, 2.75) is 25.2 Å². The Morgan fingerprint density at radius 1 is 1.00 bits per heavy atom. The molecule has 0 spiro atoms. The molecule has 3 heterocycles. The highest BCUT2D eigenvalue weighted by Gasteiger charge is 2.30. The van der Waals surface area contributed by atoms with Gasteiger partial charge in [0.05, 0.1) is 17.9 Å². The fourth-order valence-electron chi connectivity index (χ4n) is 3.60. The third kappa shape index (κ3) is 5.23. The first-order valence-electron chi connectivity index (χ1n) is 9.81. The molecule has 30 heavy (non-hydrogen) atoms. The van der Waals surface area contributed by atoms with Crippen molar-refractivity contribution in [3.8, 4) is 0 Å². The predicted octanol–water partition coefficient (Wildman–Crippen LogP) is 4.66. The maximum absolute atomic E-state index is 12.9. The Hall–Kier alpha value is -2.77. The van der Waals surface area contributed by atoms with Gasteiger partial charge in [0, 0.05) is 38.2 Å². The SMILES string of the molecule is FC(F)(F)c1cccc(Cc2ccc([C@@H]3CN(Cc4ccncc4)CCO3)nc2)c1. The number of benzene rings is 1. The van der Waals surface area contributed by atoms with Crippen LogP contribution >= 0.6 is 0 Å². The number of ether oxygens (including phenoxy) is 1. The molecule has 0 N–H and O–H groups in total. The van der Waals surface area contributed by atoms with Crippen molar-refractivity contribution in [3.05, 3.63) is 95.1 Å². The van der Waals surface area contributed by atoms with Crippen molar-refractivity contribution >= 4 is 0 Å².